The van der Waals surface area contributed by atoms with Gasteiger partial charge in [0, 0.05) is 23.1 Å². The number of nitrogens with zero attached hydrogens (tertiary/aromatic N) is 1. The molecule has 3 rings (SSSR count). The highest BCUT2D eigenvalue weighted by molar-refractivity contribution is 8.04. The first-order valence-corrected chi connectivity index (χ1v) is 8.18. The number of nitrogens with one attached hydrogen (secondary N) is 1. The number of anilines is 1. The van der Waals surface area contributed by atoms with Gasteiger partial charge in [-0.2, -0.15) is 0 Å². The van der Waals surface area contributed by atoms with Crippen LogP contribution in [0.2, 0.25) is 0 Å². The number of thioether (sulfide) groups is 1. The summed E-state index contributed by atoms with van der Waals surface area (Å²) in [6.45, 7) is 0. The Kier molecular flexibility index (Phi) is 4.85. The zero-order chi connectivity index (χ0) is 17.8. The number of methoxy groups -OCH3 is 1. The van der Waals surface area contributed by atoms with E-state index in [1.54, 1.807) is 43.5 Å². The van der Waals surface area contributed by atoms with E-state index in [0.29, 0.717) is 10.7 Å². The summed E-state index contributed by atoms with van der Waals surface area (Å²) < 4.78 is 5.15. The van der Waals surface area contributed by atoms with E-state index >= 15 is 0 Å². The van der Waals surface area contributed by atoms with Crippen molar-refractivity contribution >= 4 is 35.1 Å². The summed E-state index contributed by atoms with van der Waals surface area (Å²) in [5.41, 5.74) is 1.59. The van der Waals surface area contributed by atoms with E-state index in [1.807, 2.05) is 12.1 Å². The summed E-state index contributed by atoms with van der Waals surface area (Å²) in [4.78, 5) is 23.9. The first-order chi connectivity index (χ1) is 12.1. The van der Waals surface area contributed by atoms with Gasteiger partial charge in [-0.3, -0.25) is 14.9 Å². The van der Waals surface area contributed by atoms with E-state index in [0.717, 1.165) is 16.1 Å². The Morgan fingerprint density at radius 2 is 1.96 bits per heavy atom. The quantitative estimate of drug-likeness (QED) is 0.504. The third-order valence-electron chi connectivity index (χ3n) is 3.52. The fourth-order valence-corrected chi connectivity index (χ4v) is 3.12. The second kappa shape index (κ2) is 7.23. The van der Waals surface area contributed by atoms with Crippen molar-refractivity contribution < 1.29 is 14.5 Å². The molecule has 2 aromatic rings. The molecule has 2 aromatic carbocycles. The third-order valence-corrected chi connectivity index (χ3v) is 4.64. The molecule has 7 heteroatoms. The van der Waals surface area contributed by atoms with E-state index in [-0.39, 0.29) is 11.6 Å². The van der Waals surface area contributed by atoms with Gasteiger partial charge < -0.3 is 10.1 Å². The van der Waals surface area contributed by atoms with Crippen LogP contribution in [0.4, 0.5) is 11.4 Å². The highest BCUT2D eigenvalue weighted by Gasteiger charge is 2.20. The smallest absolute Gasteiger partial charge is 0.269 e. The van der Waals surface area contributed by atoms with E-state index < -0.39 is 4.92 Å². The minimum Gasteiger partial charge on any atom is -0.497 e. The number of carbonyl (C=O) groups is 1. The zero-order valence-corrected chi connectivity index (χ0v) is 14.1. The lowest BCUT2D eigenvalue weighted by Gasteiger charge is -2.18. The molecule has 6 nitrogen and oxygen atoms in total. The highest BCUT2D eigenvalue weighted by Crippen LogP contribution is 2.39. The van der Waals surface area contributed by atoms with Crippen LogP contribution in [0.5, 0.6) is 5.75 Å². The summed E-state index contributed by atoms with van der Waals surface area (Å²) in [6.07, 6.45) is 5.25. The average molecular weight is 354 g/mol. The van der Waals surface area contributed by atoms with Crippen molar-refractivity contribution in [3.63, 3.8) is 0 Å². The van der Waals surface area contributed by atoms with Crippen LogP contribution < -0.4 is 10.1 Å². The Balaban J connectivity index is 1.75. The Bertz CT molecular complexity index is 888. The molecule has 1 amide bonds. The fourth-order valence-electron chi connectivity index (χ4n) is 2.23. The Hall–Kier alpha value is -3.06. The zero-order valence-electron chi connectivity index (χ0n) is 13.3. The molecular formula is C18H14N2O4S. The van der Waals surface area contributed by atoms with E-state index in [9.17, 15) is 14.9 Å². The standard InChI is InChI=1S/C18H14N2O4S/c1-24-14-9-10-16-15(11-14)19-18(21)17(25-16)4-2-3-12-5-7-13(8-6-12)20(22)23/h2-11H,1H3,(H,19,21)/b3-2+,17-4-. The number of hydrogen-bond acceptors (Lipinski definition) is 5. The normalized spacial score (nSPS) is 15.1. The predicted molar refractivity (Wildman–Crippen MR) is 97.7 cm³/mol. The number of amides is 1. The summed E-state index contributed by atoms with van der Waals surface area (Å²) in [6, 6.07) is 11.7. The van der Waals surface area contributed by atoms with Gasteiger partial charge in [-0.05, 0) is 35.9 Å². The molecule has 126 valence electrons. The van der Waals surface area contributed by atoms with Crippen molar-refractivity contribution in [1.82, 2.24) is 0 Å². The number of hydrogen-bond donors (Lipinski definition) is 1. The van der Waals surface area contributed by atoms with Gasteiger partial charge in [-0.15, -0.1) is 0 Å². The molecule has 0 bridgehead atoms. The highest BCUT2D eigenvalue weighted by atomic mass is 32.2. The molecule has 0 spiro atoms. The van der Waals surface area contributed by atoms with Crippen LogP contribution in [-0.4, -0.2) is 17.9 Å². The Labute approximate surface area is 148 Å². The largest absolute Gasteiger partial charge is 0.497 e. The van der Waals surface area contributed by atoms with Gasteiger partial charge in [0.15, 0.2) is 0 Å². The van der Waals surface area contributed by atoms with Crippen LogP contribution in [0.3, 0.4) is 0 Å². The minimum atomic E-state index is -0.440. The van der Waals surface area contributed by atoms with Gasteiger partial charge in [0.1, 0.15) is 5.75 Å². The van der Waals surface area contributed by atoms with Crippen molar-refractivity contribution in [3.05, 3.63) is 75.2 Å². The van der Waals surface area contributed by atoms with E-state index in [2.05, 4.69) is 5.32 Å². The van der Waals surface area contributed by atoms with Gasteiger partial charge >= 0.3 is 0 Å². The number of allylic oxidation sites excluding steroid dienone is 2. The Morgan fingerprint density at radius 1 is 1.20 bits per heavy atom. The number of fused-ring (bicyclic) bond motifs is 1. The number of ether oxygens (including phenoxy) is 1. The molecule has 25 heavy (non-hydrogen) atoms. The molecule has 1 heterocycles. The van der Waals surface area contributed by atoms with Crippen molar-refractivity contribution in [2.24, 2.45) is 0 Å². The lowest BCUT2D eigenvalue weighted by atomic mass is 10.2. The van der Waals surface area contributed by atoms with Crippen molar-refractivity contribution in [1.29, 1.82) is 0 Å². The van der Waals surface area contributed by atoms with Crippen LogP contribution in [0.15, 0.2) is 64.4 Å². The lowest BCUT2D eigenvalue weighted by Crippen LogP contribution is -2.17. The van der Waals surface area contributed by atoms with Crippen LogP contribution in [0.1, 0.15) is 5.56 Å². The molecule has 1 aliphatic rings. The van der Waals surface area contributed by atoms with E-state index in [1.165, 1.54) is 23.9 Å². The summed E-state index contributed by atoms with van der Waals surface area (Å²) in [7, 11) is 1.58. The van der Waals surface area contributed by atoms with Crippen LogP contribution in [-0.2, 0) is 4.79 Å². The van der Waals surface area contributed by atoms with Gasteiger partial charge in [0.25, 0.3) is 11.6 Å². The topological polar surface area (TPSA) is 81.5 Å². The molecule has 0 aliphatic carbocycles. The monoisotopic (exact) mass is 354 g/mol. The number of nitro benzene ring substituents is 1. The van der Waals surface area contributed by atoms with Gasteiger partial charge in [0.2, 0.25) is 0 Å². The molecular weight excluding hydrogens is 340 g/mol. The number of rotatable bonds is 4. The molecule has 0 saturated heterocycles. The van der Waals surface area contributed by atoms with Crippen LogP contribution in [0, 0.1) is 10.1 Å². The van der Waals surface area contributed by atoms with Crippen LogP contribution >= 0.6 is 11.8 Å². The molecule has 0 radical (unpaired) electrons. The first kappa shape index (κ1) is 16.8. The van der Waals surface area contributed by atoms with Gasteiger partial charge in [-0.1, -0.05) is 23.9 Å². The summed E-state index contributed by atoms with van der Waals surface area (Å²) >= 11 is 1.38. The van der Waals surface area contributed by atoms with E-state index in [4.69, 9.17) is 4.74 Å². The van der Waals surface area contributed by atoms with Gasteiger partial charge in [0.05, 0.1) is 22.6 Å². The predicted octanol–water partition coefficient (Wildman–Crippen LogP) is 4.24. The molecule has 1 aliphatic heterocycles. The maximum atomic E-state index is 12.2. The van der Waals surface area contributed by atoms with Crippen molar-refractivity contribution in [2.75, 3.05) is 12.4 Å². The second-order valence-corrected chi connectivity index (χ2v) is 6.24. The number of nitro groups is 1. The molecule has 0 atom stereocenters. The maximum Gasteiger partial charge on any atom is 0.269 e. The average Bonchev–Trinajstić information content (AvgIpc) is 2.62. The summed E-state index contributed by atoms with van der Waals surface area (Å²) in [5, 5.41) is 13.5. The number of benzene rings is 2. The molecule has 0 unspecified atom stereocenters. The van der Waals surface area contributed by atoms with Crippen molar-refractivity contribution in [2.45, 2.75) is 4.90 Å². The number of carbonyl (C=O) groups excluding carboxylic acids is 1. The first-order valence-electron chi connectivity index (χ1n) is 7.37. The molecule has 0 saturated carbocycles. The SMILES string of the molecule is COc1ccc2c(c1)NC(=O)/C(=C/C=C/c1ccc([N+](=O)[O-])cc1)S2. The lowest BCUT2D eigenvalue weighted by molar-refractivity contribution is -0.384. The maximum absolute atomic E-state index is 12.2. The molecule has 1 N–H and O–H groups in total. The van der Waals surface area contributed by atoms with Crippen molar-refractivity contribution in [3.8, 4) is 5.75 Å². The Morgan fingerprint density at radius 3 is 2.64 bits per heavy atom. The molecule has 0 fully saturated rings. The minimum absolute atomic E-state index is 0.0461. The molecule has 0 aromatic heterocycles. The fraction of sp³-hybridized carbons (Fsp3) is 0.0556. The third kappa shape index (κ3) is 3.89. The number of non-ortho nitro benzene ring substituents is 1. The van der Waals surface area contributed by atoms with Gasteiger partial charge in [-0.25, -0.2) is 0 Å². The second-order valence-electron chi connectivity index (χ2n) is 5.16. The summed E-state index contributed by atoms with van der Waals surface area (Å²) in [5.74, 6) is 0.504. The van der Waals surface area contributed by atoms with Crippen LogP contribution in [0.25, 0.3) is 6.08 Å².